The number of carboxylic acid groups (broad SMARTS) is 1. The Labute approximate surface area is 248 Å². The Morgan fingerprint density at radius 2 is 2.17 bits per heavy atom. The molecule has 1 fully saturated rings. The van der Waals surface area contributed by atoms with Gasteiger partial charge in [-0.3, -0.25) is 24.5 Å². The molecule has 4 rings (SSSR count). The van der Waals surface area contributed by atoms with Gasteiger partial charge in [0.2, 0.25) is 0 Å². The second-order valence-electron chi connectivity index (χ2n) is 7.93. The van der Waals surface area contributed by atoms with Crippen LogP contribution in [-0.2, 0) is 14.4 Å². The summed E-state index contributed by atoms with van der Waals surface area (Å²) in [7, 11) is 0. The summed E-state index contributed by atoms with van der Waals surface area (Å²) in [4.78, 5) is 53.2. The largest absolute Gasteiger partial charge is 0.477 e. The van der Waals surface area contributed by atoms with E-state index in [1.165, 1.54) is 35.3 Å². The molecular weight excluding hydrogens is 624 g/mol. The van der Waals surface area contributed by atoms with Gasteiger partial charge >= 0.3 is 5.97 Å². The number of amides is 2. The number of nitrogens with zero attached hydrogens (tertiary/aromatic N) is 5. The highest BCUT2D eigenvalue weighted by atomic mass is 35.5. The van der Waals surface area contributed by atoms with Crippen molar-refractivity contribution in [2.24, 2.45) is 15.9 Å². The first-order valence-corrected chi connectivity index (χ1v) is 15.2. The fourth-order valence-electron chi connectivity index (χ4n) is 3.69. The predicted molar refractivity (Wildman–Crippen MR) is 154 cm³/mol. The molecule has 0 radical (unpaired) electrons. The minimum atomic E-state index is -1.30. The molecule has 40 heavy (non-hydrogen) atoms. The normalized spacial score (nSPS) is 19.9. The average molecular weight is 645 g/mol. The summed E-state index contributed by atoms with van der Waals surface area (Å²) in [5.41, 5.74) is 10.1. The zero-order chi connectivity index (χ0) is 29.0. The summed E-state index contributed by atoms with van der Waals surface area (Å²) >= 11 is 10.7. The van der Waals surface area contributed by atoms with E-state index in [9.17, 15) is 29.8 Å². The number of thioether (sulfide) groups is 3. The maximum Gasteiger partial charge on any atom is 0.353 e. The van der Waals surface area contributed by atoms with Gasteiger partial charge in [0.05, 0.1) is 19.0 Å². The number of aliphatic hydroxyl groups is 1. The van der Waals surface area contributed by atoms with Crippen molar-refractivity contribution >= 4 is 93.2 Å². The minimum Gasteiger partial charge on any atom is -0.477 e. The first-order chi connectivity index (χ1) is 19.2. The van der Waals surface area contributed by atoms with Gasteiger partial charge in [0.1, 0.15) is 27.1 Å². The van der Waals surface area contributed by atoms with Crippen LogP contribution >= 0.6 is 58.2 Å². The van der Waals surface area contributed by atoms with E-state index >= 15 is 0 Å². The molecule has 1 saturated heterocycles. The zero-order valence-electron chi connectivity index (χ0n) is 20.1. The maximum atomic E-state index is 13.1. The molecule has 0 bridgehead atoms. The Kier molecular flexibility index (Phi) is 9.80. The summed E-state index contributed by atoms with van der Waals surface area (Å²) in [6, 6.07) is 0.234. The molecule has 0 aromatic carbocycles. The summed E-state index contributed by atoms with van der Waals surface area (Å²) < 4.78 is 0.0273. The van der Waals surface area contributed by atoms with Crippen molar-refractivity contribution in [3.8, 4) is 0 Å². The van der Waals surface area contributed by atoms with Crippen molar-refractivity contribution < 1.29 is 29.8 Å². The van der Waals surface area contributed by atoms with Gasteiger partial charge in [0, 0.05) is 38.6 Å². The number of thiazole rings is 1. The van der Waals surface area contributed by atoms with Crippen LogP contribution in [-0.4, -0.2) is 95.7 Å². The van der Waals surface area contributed by atoms with Gasteiger partial charge in [0.15, 0.2) is 10.8 Å². The van der Waals surface area contributed by atoms with Crippen LogP contribution in [0.1, 0.15) is 5.69 Å². The van der Waals surface area contributed by atoms with Crippen molar-refractivity contribution in [3.63, 3.8) is 0 Å². The molecule has 0 spiro atoms. The molecule has 2 amide bonds. The van der Waals surface area contributed by atoms with Crippen LogP contribution in [0, 0.1) is 0 Å². The SMILES string of the molecule is NC=NC(CO)CSc1cnccc1SC1=C(C(=O)O)N2C(=O)[C@@H](NC(=O)/C(=N\O)c3nc(N)sc3Cl)[C@@H]2SC1. The molecule has 3 atom stereocenters. The molecule has 1 unspecified atom stereocenters. The van der Waals surface area contributed by atoms with Crippen molar-refractivity contribution in [1.29, 1.82) is 0 Å². The van der Waals surface area contributed by atoms with Crippen LogP contribution in [0.4, 0.5) is 5.13 Å². The number of β-lactam (4-membered cyclic amide) rings is 1. The highest BCUT2D eigenvalue weighted by Gasteiger charge is 2.54. The number of fused-ring (bicyclic) bond motifs is 1. The second kappa shape index (κ2) is 13.1. The number of halogens is 1. The number of hydrogen-bond donors (Lipinski definition) is 6. The number of aliphatic imine (C=N–C) groups is 1. The minimum absolute atomic E-state index is 0.0273. The lowest BCUT2D eigenvalue weighted by Gasteiger charge is -2.49. The van der Waals surface area contributed by atoms with Crippen LogP contribution in [0.3, 0.4) is 0 Å². The van der Waals surface area contributed by atoms with E-state index in [1.54, 1.807) is 18.5 Å². The third-order valence-electron chi connectivity index (χ3n) is 5.48. The fraction of sp³-hybridized carbons (Fsp3) is 0.286. The van der Waals surface area contributed by atoms with Gasteiger partial charge in [-0.2, -0.15) is 0 Å². The molecule has 2 aliphatic heterocycles. The standard InChI is InChI=1S/C21H21ClN8O6S4/c22-16-12(28-21(24)40-16)13(29-36)17(32)27-14-18(33)30-15(20(34)35)11(6-38-19(14)30)39-9-1-2-25-3-10(9)37-5-8(4-31)26-7-23/h1-3,7-8,14,19,31,36H,4-6H2,(H2,23,26)(H2,24,28)(H,27,32)(H,34,35)/b29-13-/t8?,14-,19+/m1/s1. The topological polar surface area (TPSA) is 230 Å². The van der Waals surface area contributed by atoms with Crippen molar-refractivity contribution in [1.82, 2.24) is 20.2 Å². The molecule has 19 heteroatoms. The number of nitrogen functional groups attached to an aromatic ring is 1. The van der Waals surface area contributed by atoms with E-state index < -0.39 is 41.0 Å². The number of aliphatic hydroxyl groups excluding tert-OH is 1. The summed E-state index contributed by atoms with van der Waals surface area (Å²) in [5, 5.41) is 33.7. The fourth-order valence-corrected chi connectivity index (χ4v) is 8.29. The number of aliphatic carboxylic acids is 1. The molecule has 8 N–H and O–H groups in total. The summed E-state index contributed by atoms with van der Waals surface area (Å²) in [5.74, 6) is -2.21. The molecular formula is C21H21ClN8O6S4. The van der Waals surface area contributed by atoms with Crippen molar-refractivity contribution in [2.75, 3.05) is 23.8 Å². The number of rotatable bonds is 11. The van der Waals surface area contributed by atoms with Gasteiger partial charge in [0.25, 0.3) is 11.8 Å². The van der Waals surface area contributed by atoms with Gasteiger partial charge < -0.3 is 32.2 Å². The number of oxime groups is 1. The summed E-state index contributed by atoms with van der Waals surface area (Å²) in [6.45, 7) is -0.193. The Morgan fingerprint density at radius 3 is 2.80 bits per heavy atom. The molecule has 2 aromatic rings. The van der Waals surface area contributed by atoms with E-state index in [2.05, 4.69) is 25.4 Å². The molecule has 0 aliphatic carbocycles. The van der Waals surface area contributed by atoms with Crippen LogP contribution in [0.25, 0.3) is 0 Å². The van der Waals surface area contributed by atoms with Crippen LogP contribution in [0.5, 0.6) is 0 Å². The van der Waals surface area contributed by atoms with Gasteiger partial charge in [-0.1, -0.05) is 39.9 Å². The lowest BCUT2D eigenvalue weighted by molar-refractivity contribution is -0.150. The van der Waals surface area contributed by atoms with E-state index in [-0.39, 0.29) is 33.2 Å². The number of carboxylic acids is 1. The highest BCUT2D eigenvalue weighted by Crippen LogP contribution is 2.46. The van der Waals surface area contributed by atoms with Crippen molar-refractivity contribution in [2.45, 2.75) is 27.2 Å². The zero-order valence-corrected chi connectivity index (χ0v) is 24.2. The van der Waals surface area contributed by atoms with Gasteiger partial charge in [-0.25, -0.2) is 9.78 Å². The highest BCUT2D eigenvalue weighted by molar-refractivity contribution is 8.07. The number of hydrogen-bond acceptors (Lipinski definition) is 14. The lowest BCUT2D eigenvalue weighted by atomic mass is 10.0. The first kappa shape index (κ1) is 29.9. The van der Waals surface area contributed by atoms with Crippen LogP contribution in [0.15, 0.2) is 49.0 Å². The molecule has 4 heterocycles. The third-order valence-corrected chi connectivity index (χ3v) is 10.5. The molecule has 212 valence electrons. The number of pyridine rings is 1. The molecule has 2 aromatic heterocycles. The first-order valence-electron chi connectivity index (χ1n) is 11.1. The summed E-state index contributed by atoms with van der Waals surface area (Å²) in [6.07, 6.45) is 4.31. The van der Waals surface area contributed by atoms with Crippen molar-refractivity contribution in [3.05, 3.63) is 39.1 Å². The van der Waals surface area contributed by atoms with Gasteiger partial charge in [-0.15, -0.1) is 23.5 Å². The average Bonchev–Trinajstić information content (AvgIpc) is 3.27. The Morgan fingerprint density at radius 1 is 1.40 bits per heavy atom. The lowest BCUT2D eigenvalue weighted by Crippen LogP contribution is -2.71. The number of carbonyl (C=O) groups is 3. The quantitative estimate of drug-likeness (QED) is 0.0499. The van der Waals surface area contributed by atoms with Gasteiger partial charge in [-0.05, 0) is 6.07 Å². The van der Waals surface area contributed by atoms with E-state index in [0.717, 1.165) is 27.5 Å². The Balaban J connectivity index is 1.51. The molecule has 14 nitrogen and oxygen atoms in total. The van der Waals surface area contributed by atoms with Crippen LogP contribution in [0.2, 0.25) is 4.34 Å². The Hall–Kier alpha value is -3.03. The number of anilines is 1. The number of aromatic nitrogens is 2. The van der Waals surface area contributed by atoms with Crippen LogP contribution < -0.4 is 16.8 Å². The number of carbonyl (C=O) groups excluding carboxylic acids is 2. The molecule has 0 saturated carbocycles. The smallest absolute Gasteiger partial charge is 0.353 e. The number of nitrogens with two attached hydrogens (primary N) is 2. The van der Waals surface area contributed by atoms with E-state index in [4.69, 9.17) is 23.1 Å². The van der Waals surface area contributed by atoms with E-state index in [1.807, 2.05) is 0 Å². The second-order valence-corrected chi connectivity index (χ2v) is 12.9. The predicted octanol–water partition coefficient (Wildman–Crippen LogP) is 0.880. The Bertz CT molecular complexity index is 1420. The monoisotopic (exact) mass is 644 g/mol. The molecule has 2 aliphatic rings. The van der Waals surface area contributed by atoms with E-state index in [0.29, 0.717) is 15.6 Å². The number of nitrogens with one attached hydrogen (secondary N) is 1. The maximum absolute atomic E-state index is 13.1. The third kappa shape index (κ3) is 6.16.